The van der Waals surface area contributed by atoms with Crippen molar-refractivity contribution < 1.29 is 13.9 Å². The Morgan fingerprint density at radius 3 is 2.56 bits per heavy atom. The van der Waals surface area contributed by atoms with Gasteiger partial charge in [0, 0.05) is 11.8 Å². The third kappa shape index (κ3) is 4.38. The first-order chi connectivity index (χ1) is 12.1. The lowest BCUT2D eigenvalue weighted by molar-refractivity contribution is -0.111. The molecule has 1 amide bonds. The number of benzene rings is 2. The average molecular weight is 333 g/mol. The van der Waals surface area contributed by atoms with Gasteiger partial charge in [-0.1, -0.05) is 12.1 Å². The minimum atomic E-state index is -0.223. The summed E-state index contributed by atoms with van der Waals surface area (Å²) in [5.74, 6) is 1.96. The number of rotatable bonds is 5. The highest BCUT2D eigenvalue weighted by molar-refractivity contribution is 6.01. The summed E-state index contributed by atoms with van der Waals surface area (Å²) in [6.07, 6.45) is 4.61. The van der Waals surface area contributed by atoms with Crippen LogP contribution in [0.25, 0.3) is 6.08 Å². The Morgan fingerprint density at radius 1 is 1.04 bits per heavy atom. The van der Waals surface area contributed by atoms with Crippen LogP contribution in [0.4, 0.5) is 5.69 Å². The Labute approximate surface area is 146 Å². The number of anilines is 1. The largest absolute Gasteiger partial charge is 0.465 e. The summed E-state index contributed by atoms with van der Waals surface area (Å²) in [4.78, 5) is 11.9. The molecule has 0 aliphatic rings. The normalized spacial score (nSPS) is 10.8. The second-order valence-corrected chi connectivity index (χ2v) is 5.66. The second kappa shape index (κ2) is 7.53. The predicted molar refractivity (Wildman–Crippen MR) is 98.8 cm³/mol. The zero-order valence-electron chi connectivity index (χ0n) is 14.2. The lowest BCUT2D eigenvalue weighted by Gasteiger charge is -2.11. The number of ether oxygens (including phenoxy) is 1. The van der Waals surface area contributed by atoms with E-state index < -0.39 is 0 Å². The molecule has 0 aliphatic carbocycles. The minimum Gasteiger partial charge on any atom is -0.465 e. The maximum Gasteiger partial charge on any atom is 0.248 e. The van der Waals surface area contributed by atoms with E-state index in [0.717, 1.165) is 17.1 Å². The molecule has 1 N–H and O–H groups in total. The van der Waals surface area contributed by atoms with Crippen molar-refractivity contribution >= 4 is 17.7 Å². The summed E-state index contributed by atoms with van der Waals surface area (Å²) in [6, 6.07) is 16.8. The van der Waals surface area contributed by atoms with E-state index in [-0.39, 0.29) is 5.91 Å². The van der Waals surface area contributed by atoms with E-state index in [2.05, 4.69) is 18.3 Å². The Morgan fingerprint density at radius 2 is 1.84 bits per heavy atom. The van der Waals surface area contributed by atoms with Gasteiger partial charge in [-0.3, -0.25) is 4.79 Å². The Bertz CT molecular complexity index is 878. The van der Waals surface area contributed by atoms with Crippen molar-refractivity contribution in [2.24, 2.45) is 0 Å². The lowest BCUT2D eigenvalue weighted by atomic mass is 10.1. The van der Waals surface area contributed by atoms with Crippen LogP contribution in [0.2, 0.25) is 0 Å². The van der Waals surface area contributed by atoms with E-state index >= 15 is 0 Å². The number of carbonyl (C=O) groups excluding carboxylic acids is 1. The Kier molecular flexibility index (Phi) is 5.00. The van der Waals surface area contributed by atoms with Crippen molar-refractivity contribution in [1.29, 1.82) is 0 Å². The van der Waals surface area contributed by atoms with Crippen LogP contribution in [-0.4, -0.2) is 5.91 Å². The molecule has 0 saturated carbocycles. The quantitative estimate of drug-likeness (QED) is 0.641. The maximum absolute atomic E-state index is 11.9. The van der Waals surface area contributed by atoms with Gasteiger partial charge in [-0.25, -0.2) is 0 Å². The summed E-state index contributed by atoms with van der Waals surface area (Å²) in [6.45, 7) is 4.09. The third-order valence-electron chi connectivity index (χ3n) is 3.85. The van der Waals surface area contributed by atoms with E-state index in [9.17, 15) is 4.79 Å². The maximum atomic E-state index is 11.9. The second-order valence-electron chi connectivity index (χ2n) is 5.66. The number of hydrogen-bond donors (Lipinski definition) is 1. The summed E-state index contributed by atoms with van der Waals surface area (Å²) in [5.41, 5.74) is 3.00. The standard InChI is InChI=1S/C21H19NO3/c1-15-5-3-7-20(16(15)2)25-19-10-8-17(9-11-19)22-21(23)13-12-18-6-4-14-24-18/h3-14H,1-2H3,(H,22,23)/b13-12+. The molecular formula is C21H19NO3. The van der Waals surface area contributed by atoms with Crippen molar-refractivity contribution in [3.63, 3.8) is 0 Å². The first-order valence-electron chi connectivity index (χ1n) is 7.98. The molecule has 4 heteroatoms. The van der Waals surface area contributed by atoms with Crippen LogP contribution >= 0.6 is 0 Å². The van der Waals surface area contributed by atoms with Crippen molar-refractivity contribution in [2.75, 3.05) is 5.32 Å². The molecule has 0 unspecified atom stereocenters. The van der Waals surface area contributed by atoms with Crippen molar-refractivity contribution in [1.82, 2.24) is 0 Å². The van der Waals surface area contributed by atoms with Gasteiger partial charge in [0.2, 0.25) is 5.91 Å². The zero-order chi connectivity index (χ0) is 17.6. The van der Waals surface area contributed by atoms with Crippen LogP contribution in [0.15, 0.2) is 71.4 Å². The van der Waals surface area contributed by atoms with Crippen molar-refractivity contribution in [3.8, 4) is 11.5 Å². The fourth-order valence-corrected chi connectivity index (χ4v) is 2.30. The number of furan rings is 1. The fraction of sp³-hybridized carbons (Fsp3) is 0.0952. The van der Waals surface area contributed by atoms with Crippen LogP contribution in [0.5, 0.6) is 11.5 Å². The molecule has 0 saturated heterocycles. The van der Waals surface area contributed by atoms with Crippen molar-refractivity contribution in [3.05, 3.63) is 83.8 Å². The average Bonchev–Trinajstić information content (AvgIpc) is 3.12. The monoisotopic (exact) mass is 333 g/mol. The first kappa shape index (κ1) is 16.6. The molecular weight excluding hydrogens is 314 g/mol. The highest BCUT2D eigenvalue weighted by Gasteiger charge is 2.04. The van der Waals surface area contributed by atoms with Gasteiger partial charge in [0.15, 0.2) is 0 Å². The van der Waals surface area contributed by atoms with Crippen LogP contribution in [0, 0.1) is 13.8 Å². The summed E-state index contributed by atoms with van der Waals surface area (Å²) in [7, 11) is 0. The lowest BCUT2D eigenvalue weighted by Crippen LogP contribution is -2.07. The van der Waals surface area contributed by atoms with Gasteiger partial charge in [0.05, 0.1) is 6.26 Å². The van der Waals surface area contributed by atoms with Gasteiger partial charge in [0.25, 0.3) is 0 Å². The van der Waals surface area contributed by atoms with Gasteiger partial charge in [-0.05, 0) is 73.5 Å². The summed E-state index contributed by atoms with van der Waals surface area (Å²) < 4.78 is 11.0. The van der Waals surface area contributed by atoms with E-state index in [1.807, 2.05) is 31.2 Å². The van der Waals surface area contributed by atoms with E-state index in [1.165, 1.54) is 11.6 Å². The molecule has 0 fully saturated rings. The molecule has 0 bridgehead atoms. The SMILES string of the molecule is Cc1cccc(Oc2ccc(NC(=O)/C=C/c3ccco3)cc2)c1C. The molecule has 0 aliphatic heterocycles. The zero-order valence-corrected chi connectivity index (χ0v) is 14.2. The van der Waals surface area contributed by atoms with Gasteiger partial charge in [-0.15, -0.1) is 0 Å². The Hall–Kier alpha value is -3.27. The number of carbonyl (C=O) groups is 1. The molecule has 3 rings (SSSR count). The first-order valence-corrected chi connectivity index (χ1v) is 7.98. The topological polar surface area (TPSA) is 51.5 Å². The highest BCUT2D eigenvalue weighted by Crippen LogP contribution is 2.27. The molecule has 3 aromatic rings. The molecule has 0 atom stereocenters. The van der Waals surface area contributed by atoms with Crippen LogP contribution in [-0.2, 0) is 4.79 Å². The molecule has 25 heavy (non-hydrogen) atoms. The fourth-order valence-electron chi connectivity index (χ4n) is 2.30. The van der Waals surface area contributed by atoms with Gasteiger partial charge >= 0.3 is 0 Å². The third-order valence-corrected chi connectivity index (χ3v) is 3.85. The minimum absolute atomic E-state index is 0.223. The number of hydrogen-bond acceptors (Lipinski definition) is 3. The highest BCUT2D eigenvalue weighted by atomic mass is 16.5. The van der Waals surface area contributed by atoms with Gasteiger partial charge < -0.3 is 14.5 Å². The van der Waals surface area contributed by atoms with Crippen LogP contribution in [0.3, 0.4) is 0 Å². The molecule has 0 spiro atoms. The molecule has 1 aromatic heterocycles. The molecule has 4 nitrogen and oxygen atoms in total. The molecule has 0 radical (unpaired) electrons. The molecule has 2 aromatic carbocycles. The number of aryl methyl sites for hydroxylation is 1. The number of nitrogens with one attached hydrogen (secondary N) is 1. The number of amides is 1. The molecule has 126 valence electrons. The summed E-state index contributed by atoms with van der Waals surface area (Å²) >= 11 is 0. The van der Waals surface area contributed by atoms with Crippen LogP contribution < -0.4 is 10.1 Å². The van der Waals surface area contributed by atoms with E-state index in [0.29, 0.717) is 11.4 Å². The summed E-state index contributed by atoms with van der Waals surface area (Å²) in [5, 5.41) is 2.79. The van der Waals surface area contributed by atoms with Crippen molar-refractivity contribution in [2.45, 2.75) is 13.8 Å². The molecule has 1 heterocycles. The predicted octanol–water partition coefficient (Wildman–Crippen LogP) is 5.34. The van der Waals surface area contributed by atoms with Crippen LogP contribution in [0.1, 0.15) is 16.9 Å². The van der Waals surface area contributed by atoms with Gasteiger partial charge in [-0.2, -0.15) is 0 Å². The van der Waals surface area contributed by atoms with E-state index in [4.69, 9.17) is 9.15 Å². The smallest absolute Gasteiger partial charge is 0.248 e. The van der Waals surface area contributed by atoms with E-state index in [1.54, 1.807) is 36.6 Å². The Balaban J connectivity index is 1.62. The van der Waals surface area contributed by atoms with Gasteiger partial charge in [0.1, 0.15) is 17.3 Å².